The minimum Gasteiger partial charge on any atom is -0.480 e. The molecule has 1 fully saturated rings. The Labute approximate surface area is 103 Å². The molecule has 1 atom stereocenters. The van der Waals surface area contributed by atoms with Crippen molar-refractivity contribution in [1.29, 1.82) is 0 Å². The maximum atomic E-state index is 12.2. The van der Waals surface area contributed by atoms with Crippen LogP contribution in [0.15, 0.2) is 27.6 Å². The molecular weight excluding hydrogens is 238 g/mol. The number of hydrogen-bond acceptors (Lipinski definition) is 4. The topological polar surface area (TPSA) is 87.8 Å². The Morgan fingerprint density at radius 2 is 2.17 bits per heavy atom. The Morgan fingerprint density at radius 1 is 1.44 bits per heavy atom. The van der Waals surface area contributed by atoms with Crippen molar-refractivity contribution in [1.82, 2.24) is 4.90 Å². The fraction of sp³-hybridized carbons (Fsp3) is 0.417. The molecule has 18 heavy (non-hydrogen) atoms. The smallest absolute Gasteiger partial charge is 0.335 e. The predicted octanol–water partition coefficient (Wildman–Crippen LogP) is 0.719. The van der Waals surface area contributed by atoms with Gasteiger partial charge in [-0.3, -0.25) is 4.79 Å². The van der Waals surface area contributed by atoms with Crippen molar-refractivity contribution in [2.45, 2.75) is 25.3 Å². The van der Waals surface area contributed by atoms with Crippen LogP contribution >= 0.6 is 0 Å². The van der Waals surface area contributed by atoms with Crippen LogP contribution in [0.1, 0.15) is 30.1 Å². The fourth-order valence-corrected chi connectivity index (χ4v) is 2.15. The number of aliphatic carboxylic acids is 1. The molecule has 1 saturated heterocycles. The summed E-state index contributed by atoms with van der Waals surface area (Å²) < 4.78 is 4.62. The van der Waals surface area contributed by atoms with Crippen LogP contribution in [0, 0.1) is 0 Å². The van der Waals surface area contributed by atoms with Gasteiger partial charge in [-0.25, -0.2) is 9.59 Å². The van der Waals surface area contributed by atoms with Crippen LogP contribution in [0.25, 0.3) is 0 Å². The average Bonchev–Trinajstić information content (AvgIpc) is 2.73. The lowest BCUT2D eigenvalue weighted by atomic mass is 9.99. The van der Waals surface area contributed by atoms with Gasteiger partial charge in [-0.05, 0) is 25.8 Å². The molecule has 1 aliphatic heterocycles. The summed E-state index contributed by atoms with van der Waals surface area (Å²) >= 11 is 0. The van der Waals surface area contributed by atoms with Crippen LogP contribution in [0.5, 0.6) is 0 Å². The van der Waals surface area contributed by atoms with E-state index in [4.69, 9.17) is 0 Å². The van der Waals surface area contributed by atoms with Gasteiger partial charge in [0.1, 0.15) is 11.8 Å². The second kappa shape index (κ2) is 4.29. The van der Waals surface area contributed by atoms with Crippen molar-refractivity contribution >= 4 is 11.9 Å². The molecule has 0 aliphatic carbocycles. The summed E-state index contributed by atoms with van der Waals surface area (Å²) in [6, 6.07) is 2.48. The van der Waals surface area contributed by atoms with Crippen LogP contribution in [0.3, 0.4) is 0 Å². The van der Waals surface area contributed by atoms with E-state index in [2.05, 4.69) is 4.42 Å². The first kappa shape index (κ1) is 12.3. The predicted molar refractivity (Wildman–Crippen MR) is 61.3 cm³/mol. The molecule has 0 bridgehead atoms. The Balaban J connectivity index is 2.31. The second-order valence-electron chi connectivity index (χ2n) is 4.48. The summed E-state index contributed by atoms with van der Waals surface area (Å²) in [6.45, 7) is 1.92. The first-order valence-corrected chi connectivity index (χ1v) is 5.59. The van der Waals surface area contributed by atoms with Crippen molar-refractivity contribution in [3.8, 4) is 0 Å². The summed E-state index contributed by atoms with van der Waals surface area (Å²) in [4.78, 5) is 35.6. The van der Waals surface area contributed by atoms with Crippen LogP contribution in [-0.4, -0.2) is 34.0 Å². The molecule has 1 amide bonds. The zero-order valence-electron chi connectivity index (χ0n) is 9.88. The molecule has 0 saturated carbocycles. The summed E-state index contributed by atoms with van der Waals surface area (Å²) in [5.74, 6) is -1.45. The molecule has 0 aromatic carbocycles. The standard InChI is InChI=1S/C12H13NO5/c1-12(11(16)17)5-2-6-13(12)10(15)8-3-4-9(14)18-7-8/h3-4,7H,2,5-6H2,1H3,(H,16,17). The Morgan fingerprint density at radius 3 is 2.72 bits per heavy atom. The lowest BCUT2D eigenvalue weighted by molar-refractivity contribution is -0.147. The van der Waals surface area contributed by atoms with Gasteiger partial charge in [0.25, 0.3) is 5.91 Å². The van der Waals surface area contributed by atoms with Gasteiger partial charge in [0.2, 0.25) is 0 Å². The first-order valence-electron chi connectivity index (χ1n) is 5.59. The largest absolute Gasteiger partial charge is 0.480 e. The third-order valence-electron chi connectivity index (χ3n) is 3.29. The molecule has 2 heterocycles. The number of amides is 1. The summed E-state index contributed by atoms with van der Waals surface area (Å²) in [5, 5.41) is 9.22. The molecule has 1 aliphatic rings. The number of rotatable bonds is 2. The minimum atomic E-state index is -1.19. The van der Waals surface area contributed by atoms with Crippen LogP contribution in [0.4, 0.5) is 0 Å². The van der Waals surface area contributed by atoms with E-state index in [1.807, 2.05) is 0 Å². The minimum absolute atomic E-state index is 0.184. The molecule has 1 unspecified atom stereocenters. The lowest BCUT2D eigenvalue weighted by Crippen LogP contribution is -2.50. The highest BCUT2D eigenvalue weighted by molar-refractivity contribution is 5.97. The third kappa shape index (κ3) is 1.90. The van der Waals surface area contributed by atoms with Crippen LogP contribution in [0.2, 0.25) is 0 Å². The molecular formula is C12H13NO5. The third-order valence-corrected chi connectivity index (χ3v) is 3.29. The molecule has 0 spiro atoms. The van der Waals surface area contributed by atoms with Gasteiger partial charge in [-0.2, -0.15) is 0 Å². The van der Waals surface area contributed by atoms with Gasteiger partial charge in [0.05, 0.1) is 5.56 Å². The summed E-state index contributed by atoms with van der Waals surface area (Å²) in [6.07, 6.45) is 2.13. The summed E-state index contributed by atoms with van der Waals surface area (Å²) in [7, 11) is 0. The van der Waals surface area contributed by atoms with Crippen molar-refractivity contribution in [3.63, 3.8) is 0 Å². The number of carboxylic acids is 1. The number of likely N-dealkylation sites (tertiary alicyclic amines) is 1. The summed E-state index contributed by atoms with van der Waals surface area (Å²) in [5.41, 5.74) is -1.55. The highest BCUT2D eigenvalue weighted by Gasteiger charge is 2.46. The first-order chi connectivity index (χ1) is 8.45. The SMILES string of the molecule is CC1(C(=O)O)CCCN1C(=O)c1ccc(=O)oc1. The van der Waals surface area contributed by atoms with Crippen LogP contribution in [-0.2, 0) is 4.79 Å². The Kier molecular flexibility index (Phi) is 2.94. The van der Waals surface area contributed by atoms with E-state index in [0.717, 1.165) is 12.3 Å². The van der Waals surface area contributed by atoms with Gasteiger partial charge in [0, 0.05) is 12.6 Å². The fourth-order valence-electron chi connectivity index (χ4n) is 2.15. The van der Waals surface area contributed by atoms with Crippen molar-refractivity contribution < 1.29 is 19.1 Å². The molecule has 1 aromatic heterocycles. The molecule has 2 rings (SSSR count). The van der Waals surface area contributed by atoms with Gasteiger partial charge < -0.3 is 14.4 Å². The number of carboxylic acid groups (broad SMARTS) is 1. The molecule has 96 valence electrons. The van der Waals surface area contributed by atoms with E-state index in [1.54, 1.807) is 0 Å². The maximum Gasteiger partial charge on any atom is 0.335 e. The van der Waals surface area contributed by atoms with E-state index in [9.17, 15) is 19.5 Å². The zero-order valence-corrected chi connectivity index (χ0v) is 9.88. The molecule has 1 aromatic rings. The molecule has 1 N–H and O–H groups in total. The quantitative estimate of drug-likeness (QED) is 0.836. The van der Waals surface area contributed by atoms with Gasteiger partial charge in [-0.15, -0.1) is 0 Å². The number of carbonyl (C=O) groups is 2. The van der Waals surface area contributed by atoms with Gasteiger partial charge in [-0.1, -0.05) is 0 Å². The van der Waals surface area contributed by atoms with E-state index >= 15 is 0 Å². The Bertz CT molecular complexity index is 529. The highest BCUT2D eigenvalue weighted by Crippen LogP contribution is 2.30. The van der Waals surface area contributed by atoms with E-state index in [0.29, 0.717) is 19.4 Å². The normalized spacial score (nSPS) is 23.1. The number of hydrogen-bond donors (Lipinski definition) is 1. The molecule has 6 heteroatoms. The molecule has 0 radical (unpaired) electrons. The second-order valence-corrected chi connectivity index (χ2v) is 4.48. The monoisotopic (exact) mass is 251 g/mol. The zero-order chi connectivity index (χ0) is 13.3. The Hall–Kier alpha value is -2.11. The van der Waals surface area contributed by atoms with Gasteiger partial charge in [0.15, 0.2) is 0 Å². The average molecular weight is 251 g/mol. The number of carbonyl (C=O) groups excluding carboxylic acids is 1. The van der Waals surface area contributed by atoms with Crippen molar-refractivity contribution in [2.24, 2.45) is 0 Å². The lowest BCUT2D eigenvalue weighted by Gasteiger charge is -2.31. The molecule has 6 nitrogen and oxygen atoms in total. The van der Waals surface area contributed by atoms with E-state index in [-0.39, 0.29) is 5.56 Å². The van der Waals surface area contributed by atoms with Crippen LogP contribution < -0.4 is 5.63 Å². The van der Waals surface area contributed by atoms with Gasteiger partial charge >= 0.3 is 11.6 Å². The van der Waals surface area contributed by atoms with Crippen molar-refractivity contribution in [3.05, 3.63) is 34.4 Å². The van der Waals surface area contributed by atoms with E-state index < -0.39 is 23.0 Å². The highest BCUT2D eigenvalue weighted by atomic mass is 16.4. The number of nitrogens with zero attached hydrogens (tertiary/aromatic N) is 1. The van der Waals surface area contributed by atoms with Crippen molar-refractivity contribution in [2.75, 3.05) is 6.54 Å². The van der Waals surface area contributed by atoms with E-state index in [1.165, 1.54) is 17.9 Å². The maximum absolute atomic E-state index is 12.2.